The van der Waals surface area contributed by atoms with Gasteiger partial charge in [-0.05, 0) is 36.2 Å². The Hall–Kier alpha value is -2.07. The smallest absolute Gasteiger partial charge is 0.224 e. The normalized spacial score (nSPS) is 10.4. The van der Waals surface area contributed by atoms with E-state index in [1.54, 1.807) is 30.3 Å². The zero-order chi connectivity index (χ0) is 16.1. The van der Waals surface area contributed by atoms with E-state index in [0.717, 1.165) is 5.69 Å². The van der Waals surface area contributed by atoms with E-state index in [1.165, 1.54) is 6.07 Å². The molecule has 0 heterocycles. The van der Waals surface area contributed by atoms with Gasteiger partial charge in [-0.15, -0.1) is 0 Å². The van der Waals surface area contributed by atoms with Crippen molar-refractivity contribution in [3.05, 3.63) is 58.9 Å². The molecule has 0 spiro atoms. The summed E-state index contributed by atoms with van der Waals surface area (Å²) < 4.78 is 13.5. The number of nitrogens with one attached hydrogen (secondary N) is 1. The molecule has 116 valence electrons. The Balaban J connectivity index is 2.03. The van der Waals surface area contributed by atoms with Crippen molar-refractivity contribution in [3.8, 4) is 0 Å². The first-order chi connectivity index (χ1) is 10.5. The van der Waals surface area contributed by atoms with Crippen molar-refractivity contribution in [3.63, 3.8) is 0 Å². The van der Waals surface area contributed by atoms with Crippen LogP contribution < -0.4 is 10.2 Å². The van der Waals surface area contributed by atoms with Crippen LogP contribution in [0.25, 0.3) is 0 Å². The molecule has 0 aliphatic heterocycles. The maximum absolute atomic E-state index is 13.5. The summed E-state index contributed by atoms with van der Waals surface area (Å²) in [7, 11) is 3.77. The molecule has 0 aromatic heterocycles. The standard InChI is InChI=1S/C17H18ClFN2O/c1-21(2)16-9-8-13(18)11-15(16)20-17(22)10-7-12-5-3-4-6-14(12)19/h3-6,8-9,11H,7,10H2,1-2H3,(H,20,22). The number of benzene rings is 2. The molecule has 0 unspecified atom stereocenters. The molecule has 0 fully saturated rings. The monoisotopic (exact) mass is 320 g/mol. The third-order valence-corrected chi connectivity index (χ3v) is 3.53. The zero-order valence-electron chi connectivity index (χ0n) is 12.6. The van der Waals surface area contributed by atoms with Gasteiger partial charge in [-0.25, -0.2) is 4.39 Å². The number of carbonyl (C=O) groups is 1. The van der Waals surface area contributed by atoms with E-state index >= 15 is 0 Å². The van der Waals surface area contributed by atoms with E-state index in [4.69, 9.17) is 11.6 Å². The number of nitrogens with zero attached hydrogens (tertiary/aromatic N) is 1. The molecule has 0 radical (unpaired) electrons. The Bertz CT molecular complexity index is 673. The SMILES string of the molecule is CN(C)c1ccc(Cl)cc1NC(=O)CCc1ccccc1F. The van der Waals surface area contributed by atoms with Crippen LogP contribution in [0, 0.1) is 5.82 Å². The van der Waals surface area contributed by atoms with Gasteiger partial charge in [0, 0.05) is 25.5 Å². The lowest BCUT2D eigenvalue weighted by atomic mass is 10.1. The fourth-order valence-corrected chi connectivity index (χ4v) is 2.33. The minimum atomic E-state index is -0.285. The summed E-state index contributed by atoms with van der Waals surface area (Å²) in [4.78, 5) is 14.0. The molecule has 2 aromatic rings. The van der Waals surface area contributed by atoms with Crippen molar-refractivity contribution in [2.24, 2.45) is 0 Å². The number of hydrogen-bond acceptors (Lipinski definition) is 2. The molecule has 1 amide bonds. The summed E-state index contributed by atoms with van der Waals surface area (Å²) in [6.07, 6.45) is 0.566. The second kappa shape index (κ2) is 7.27. The third-order valence-electron chi connectivity index (χ3n) is 3.29. The Labute approximate surface area is 134 Å². The Morgan fingerprint density at radius 3 is 2.64 bits per heavy atom. The molecular formula is C17H18ClFN2O. The van der Waals surface area contributed by atoms with Gasteiger partial charge in [0.1, 0.15) is 5.82 Å². The highest BCUT2D eigenvalue weighted by Gasteiger charge is 2.10. The first kappa shape index (κ1) is 16.3. The highest BCUT2D eigenvalue weighted by atomic mass is 35.5. The van der Waals surface area contributed by atoms with Crippen molar-refractivity contribution < 1.29 is 9.18 Å². The van der Waals surface area contributed by atoms with Crippen LogP contribution in [0.2, 0.25) is 5.02 Å². The molecule has 0 aliphatic rings. The van der Waals surface area contributed by atoms with Crippen LogP contribution in [0.1, 0.15) is 12.0 Å². The number of halogens is 2. The van der Waals surface area contributed by atoms with Crippen molar-refractivity contribution >= 4 is 28.9 Å². The second-order valence-corrected chi connectivity index (χ2v) is 5.63. The van der Waals surface area contributed by atoms with Crippen molar-refractivity contribution in [2.75, 3.05) is 24.3 Å². The van der Waals surface area contributed by atoms with E-state index in [1.807, 2.05) is 25.1 Å². The van der Waals surface area contributed by atoms with Gasteiger partial charge in [0.25, 0.3) is 0 Å². The molecule has 2 rings (SSSR count). The lowest BCUT2D eigenvalue weighted by molar-refractivity contribution is -0.116. The lowest BCUT2D eigenvalue weighted by Gasteiger charge is -2.18. The summed E-state index contributed by atoms with van der Waals surface area (Å²) in [5.41, 5.74) is 2.05. The maximum atomic E-state index is 13.5. The predicted octanol–water partition coefficient (Wildman–Crippen LogP) is 4.12. The molecule has 1 N–H and O–H groups in total. The summed E-state index contributed by atoms with van der Waals surface area (Å²) in [5.74, 6) is -0.458. The predicted molar refractivity (Wildman–Crippen MR) is 89.1 cm³/mol. The molecule has 5 heteroatoms. The first-order valence-electron chi connectivity index (χ1n) is 6.97. The minimum Gasteiger partial charge on any atom is -0.376 e. The lowest BCUT2D eigenvalue weighted by Crippen LogP contribution is -2.17. The average molecular weight is 321 g/mol. The molecule has 0 atom stereocenters. The largest absolute Gasteiger partial charge is 0.376 e. The van der Waals surface area contributed by atoms with E-state index in [2.05, 4.69) is 5.32 Å². The maximum Gasteiger partial charge on any atom is 0.224 e. The van der Waals surface area contributed by atoms with Gasteiger partial charge in [0.15, 0.2) is 0 Å². The van der Waals surface area contributed by atoms with Crippen LogP contribution in [0.3, 0.4) is 0 Å². The molecule has 3 nitrogen and oxygen atoms in total. The summed E-state index contributed by atoms with van der Waals surface area (Å²) in [5, 5.41) is 3.39. The van der Waals surface area contributed by atoms with E-state index < -0.39 is 0 Å². The summed E-state index contributed by atoms with van der Waals surface area (Å²) in [6, 6.07) is 11.8. The van der Waals surface area contributed by atoms with Crippen molar-refractivity contribution in [1.82, 2.24) is 0 Å². The Morgan fingerprint density at radius 1 is 1.23 bits per heavy atom. The van der Waals surface area contributed by atoms with Gasteiger partial charge >= 0.3 is 0 Å². The Kier molecular flexibility index (Phi) is 5.39. The van der Waals surface area contributed by atoms with Crippen molar-refractivity contribution in [1.29, 1.82) is 0 Å². The van der Waals surface area contributed by atoms with Crippen LogP contribution in [0.15, 0.2) is 42.5 Å². The molecule has 2 aromatic carbocycles. The number of carbonyl (C=O) groups excluding carboxylic acids is 1. The molecular weight excluding hydrogens is 303 g/mol. The topological polar surface area (TPSA) is 32.3 Å². The van der Waals surface area contributed by atoms with Gasteiger partial charge in [0.05, 0.1) is 11.4 Å². The van der Waals surface area contributed by atoms with Crippen LogP contribution >= 0.6 is 11.6 Å². The molecule has 0 saturated heterocycles. The average Bonchev–Trinajstić information content (AvgIpc) is 2.46. The third kappa shape index (κ3) is 4.21. The van der Waals surface area contributed by atoms with Gasteiger partial charge < -0.3 is 10.2 Å². The molecule has 22 heavy (non-hydrogen) atoms. The second-order valence-electron chi connectivity index (χ2n) is 5.20. The number of rotatable bonds is 5. The van der Waals surface area contributed by atoms with Gasteiger partial charge in [-0.2, -0.15) is 0 Å². The Morgan fingerprint density at radius 2 is 1.95 bits per heavy atom. The van der Waals surface area contributed by atoms with Crippen LogP contribution in [-0.4, -0.2) is 20.0 Å². The zero-order valence-corrected chi connectivity index (χ0v) is 13.3. The number of aryl methyl sites for hydroxylation is 1. The fraction of sp³-hybridized carbons (Fsp3) is 0.235. The van der Waals surface area contributed by atoms with E-state index in [-0.39, 0.29) is 18.1 Å². The highest BCUT2D eigenvalue weighted by molar-refractivity contribution is 6.31. The number of amides is 1. The van der Waals surface area contributed by atoms with Crippen LogP contribution in [-0.2, 0) is 11.2 Å². The fourth-order valence-electron chi connectivity index (χ4n) is 2.16. The molecule has 0 bridgehead atoms. The van der Waals surface area contributed by atoms with Crippen LogP contribution in [0.4, 0.5) is 15.8 Å². The van der Waals surface area contributed by atoms with E-state index in [9.17, 15) is 9.18 Å². The quantitative estimate of drug-likeness (QED) is 0.899. The van der Waals surface area contributed by atoms with Crippen molar-refractivity contribution in [2.45, 2.75) is 12.8 Å². The highest BCUT2D eigenvalue weighted by Crippen LogP contribution is 2.28. The molecule has 0 saturated carbocycles. The van der Waals surface area contributed by atoms with E-state index in [0.29, 0.717) is 22.7 Å². The van der Waals surface area contributed by atoms with Gasteiger partial charge in [-0.3, -0.25) is 4.79 Å². The van der Waals surface area contributed by atoms with Gasteiger partial charge in [-0.1, -0.05) is 29.8 Å². The minimum absolute atomic E-state index is 0.173. The summed E-state index contributed by atoms with van der Waals surface area (Å²) in [6.45, 7) is 0. The number of anilines is 2. The summed E-state index contributed by atoms with van der Waals surface area (Å²) >= 11 is 5.98. The first-order valence-corrected chi connectivity index (χ1v) is 7.35. The number of hydrogen-bond donors (Lipinski definition) is 1. The van der Waals surface area contributed by atoms with Crippen LogP contribution in [0.5, 0.6) is 0 Å². The molecule has 0 aliphatic carbocycles. The van der Waals surface area contributed by atoms with Gasteiger partial charge in [0.2, 0.25) is 5.91 Å².